The van der Waals surface area contributed by atoms with Gasteiger partial charge in [0.15, 0.2) is 0 Å². The van der Waals surface area contributed by atoms with Crippen molar-refractivity contribution in [3.63, 3.8) is 0 Å². The number of aromatic carboxylic acids is 1. The summed E-state index contributed by atoms with van der Waals surface area (Å²) in [5, 5.41) is 17.9. The lowest BCUT2D eigenvalue weighted by Crippen LogP contribution is -2.33. The van der Waals surface area contributed by atoms with Crippen LogP contribution < -0.4 is 11.4 Å². The molecule has 1 heterocycles. The molecule has 7 nitrogen and oxygen atoms in total. The molecule has 4 N–H and O–H groups in total. The normalized spacial score (nSPS) is 11.9. The zero-order valence-electron chi connectivity index (χ0n) is 12.1. The number of carboxylic acids is 2. The molecule has 0 aliphatic carbocycles. The van der Waals surface area contributed by atoms with Crippen LogP contribution in [0, 0.1) is 0 Å². The lowest BCUT2D eigenvalue weighted by atomic mass is 9.97. The molecule has 2 aromatic rings. The van der Waals surface area contributed by atoms with Crippen LogP contribution in [0.2, 0.25) is 0 Å². The molecule has 1 atom stereocenters. The predicted molar refractivity (Wildman–Crippen MR) is 80.5 cm³/mol. The molecule has 0 spiro atoms. The molecular formula is C16H15NO6. The Kier molecular flexibility index (Phi) is 4.92. The summed E-state index contributed by atoms with van der Waals surface area (Å²) in [6.45, 7) is 0. The maximum Gasteiger partial charge on any atom is 0.371 e. The van der Waals surface area contributed by atoms with Crippen molar-refractivity contribution in [2.24, 2.45) is 5.73 Å². The first-order valence-electron chi connectivity index (χ1n) is 6.80. The van der Waals surface area contributed by atoms with Crippen molar-refractivity contribution in [1.29, 1.82) is 0 Å². The van der Waals surface area contributed by atoms with Gasteiger partial charge in [-0.25, -0.2) is 9.59 Å². The maximum atomic E-state index is 12.1. The average Bonchev–Trinajstić information content (AvgIpc) is 2.51. The van der Waals surface area contributed by atoms with E-state index in [1.165, 1.54) is 0 Å². The van der Waals surface area contributed by atoms with Gasteiger partial charge in [-0.15, -0.1) is 0 Å². The van der Waals surface area contributed by atoms with Gasteiger partial charge in [-0.1, -0.05) is 30.3 Å². The van der Waals surface area contributed by atoms with Crippen LogP contribution in [-0.2, 0) is 17.6 Å². The van der Waals surface area contributed by atoms with Crippen LogP contribution in [-0.4, -0.2) is 28.2 Å². The highest BCUT2D eigenvalue weighted by atomic mass is 16.4. The number of aliphatic carboxylic acids is 1. The van der Waals surface area contributed by atoms with E-state index in [1.54, 1.807) is 24.3 Å². The highest BCUT2D eigenvalue weighted by Crippen LogP contribution is 2.15. The second-order valence-electron chi connectivity index (χ2n) is 5.02. The van der Waals surface area contributed by atoms with E-state index in [4.69, 9.17) is 20.4 Å². The number of hydrogen-bond acceptors (Lipinski definition) is 5. The van der Waals surface area contributed by atoms with Crippen molar-refractivity contribution in [3.8, 4) is 0 Å². The lowest BCUT2D eigenvalue weighted by Gasteiger charge is -2.11. The molecule has 0 saturated carbocycles. The quantitative estimate of drug-likeness (QED) is 0.720. The van der Waals surface area contributed by atoms with E-state index in [0.717, 1.165) is 11.6 Å². The first-order chi connectivity index (χ1) is 10.9. The summed E-state index contributed by atoms with van der Waals surface area (Å²) < 4.78 is 4.78. The maximum absolute atomic E-state index is 12.1. The van der Waals surface area contributed by atoms with Crippen molar-refractivity contribution >= 4 is 11.9 Å². The summed E-state index contributed by atoms with van der Waals surface area (Å²) in [6, 6.07) is 8.92. The fourth-order valence-corrected chi connectivity index (χ4v) is 2.16. The Bertz CT molecular complexity index is 781. The second-order valence-corrected chi connectivity index (χ2v) is 5.02. The number of rotatable bonds is 6. The van der Waals surface area contributed by atoms with Crippen molar-refractivity contribution in [3.05, 3.63) is 69.3 Å². The Balaban J connectivity index is 2.48. The van der Waals surface area contributed by atoms with Gasteiger partial charge in [-0.05, 0) is 23.6 Å². The summed E-state index contributed by atoms with van der Waals surface area (Å²) >= 11 is 0. The van der Waals surface area contributed by atoms with Crippen molar-refractivity contribution in [1.82, 2.24) is 0 Å². The molecule has 1 aromatic carbocycles. The van der Waals surface area contributed by atoms with Gasteiger partial charge >= 0.3 is 17.6 Å². The van der Waals surface area contributed by atoms with Crippen molar-refractivity contribution in [2.75, 3.05) is 0 Å². The summed E-state index contributed by atoms with van der Waals surface area (Å²) in [5.41, 5.74) is 5.98. The van der Waals surface area contributed by atoms with Crippen LogP contribution in [0.15, 0.2) is 45.6 Å². The van der Waals surface area contributed by atoms with Gasteiger partial charge in [-0.3, -0.25) is 4.79 Å². The average molecular weight is 317 g/mol. The summed E-state index contributed by atoms with van der Waals surface area (Å²) in [7, 11) is 0. The SMILES string of the molecule is NC(Cc1cc(C(=O)O)oc(=O)c1Cc1ccccc1)C(=O)O. The fraction of sp³-hybridized carbons (Fsp3) is 0.188. The third-order valence-electron chi connectivity index (χ3n) is 3.33. The minimum Gasteiger partial charge on any atom is -0.480 e. The number of carbonyl (C=O) groups is 2. The van der Waals surface area contributed by atoms with Crippen LogP contribution in [0.3, 0.4) is 0 Å². The van der Waals surface area contributed by atoms with E-state index in [0.29, 0.717) is 0 Å². The van der Waals surface area contributed by atoms with Gasteiger partial charge < -0.3 is 20.4 Å². The molecule has 0 radical (unpaired) electrons. The van der Waals surface area contributed by atoms with Crippen LogP contribution in [0.5, 0.6) is 0 Å². The van der Waals surface area contributed by atoms with E-state index >= 15 is 0 Å². The van der Waals surface area contributed by atoms with E-state index in [2.05, 4.69) is 0 Å². The molecule has 1 aromatic heterocycles. The van der Waals surface area contributed by atoms with Crippen LogP contribution in [0.25, 0.3) is 0 Å². The molecule has 0 bridgehead atoms. The smallest absolute Gasteiger partial charge is 0.371 e. The molecule has 23 heavy (non-hydrogen) atoms. The van der Waals surface area contributed by atoms with Crippen molar-refractivity contribution < 1.29 is 24.2 Å². The molecule has 0 fully saturated rings. The molecule has 120 valence electrons. The number of carboxylic acid groups (broad SMARTS) is 2. The zero-order valence-corrected chi connectivity index (χ0v) is 12.1. The molecule has 0 saturated heterocycles. The van der Waals surface area contributed by atoms with Gasteiger partial charge in [0.25, 0.3) is 0 Å². The lowest BCUT2D eigenvalue weighted by molar-refractivity contribution is -0.138. The Labute approximate surface area is 131 Å². The van der Waals surface area contributed by atoms with E-state index in [-0.39, 0.29) is 24.0 Å². The van der Waals surface area contributed by atoms with E-state index in [9.17, 15) is 14.4 Å². The van der Waals surface area contributed by atoms with Gasteiger partial charge in [0, 0.05) is 12.0 Å². The van der Waals surface area contributed by atoms with Crippen LogP contribution in [0.4, 0.5) is 0 Å². The summed E-state index contributed by atoms with van der Waals surface area (Å²) in [4.78, 5) is 34.1. The fourth-order valence-electron chi connectivity index (χ4n) is 2.16. The van der Waals surface area contributed by atoms with Crippen LogP contribution >= 0.6 is 0 Å². The monoisotopic (exact) mass is 317 g/mol. The Morgan fingerprint density at radius 1 is 1.17 bits per heavy atom. The Hall–Kier alpha value is -2.93. The van der Waals surface area contributed by atoms with Gasteiger partial charge in [0.2, 0.25) is 5.76 Å². The van der Waals surface area contributed by atoms with E-state index < -0.39 is 29.4 Å². The summed E-state index contributed by atoms with van der Waals surface area (Å²) in [5.74, 6) is -3.18. The number of benzene rings is 1. The second kappa shape index (κ2) is 6.89. The minimum absolute atomic E-state index is 0.163. The first-order valence-corrected chi connectivity index (χ1v) is 6.80. The minimum atomic E-state index is -1.40. The zero-order chi connectivity index (χ0) is 17.0. The molecule has 1 unspecified atom stereocenters. The van der Waals surface area contributed by atoms with Gasteiger partial charge in [-0.2, -0.15) is 0 Å². The first kappa shape index (κ1) is 16.4. The van der Waals surface area contributed by atoms with Crippen LogP contribution in [0.1, 0.15) is 27.2 Å². The predicted octanol–water partition coefficient (Wildman–Crippen LogP) is 0.883. The molecule has 0 aliphatic heterocycles. The van der Waals surface area contributed by atoms with Gasteiger partial charge in [0.1, 0.15) is 6.04 Å². The summed E-state index contributed by atoms with van der Waals surface area (Å²) in [6.07, 6.45) is 0.0358. The topological polar surface area (TPSA) is 131 Å². The molecule has 0 aliphatic rings. The molecular weight excluding hydrogens is 302 g/mol. The molecule has 2 rings (SSSR count). The molecule has 7 heteroatoms. The van der Waals surface area contributed by atoms with E-state index in [1.807, 2.05) is 6.07 Å². The number of nitrogens with two attached hydrogens (primary N) is 1. The number of hydrogen-bond donors (Lipinski definition) is 3. The van der Waals surface area contributed by atoms with Gasteiger partial charge in [0.05, 0.1) is 0 Å². The molecule has 0 amide bonds. The highest BCUT2D eigenvalue weighted by molar-refractivity contribution is 5.84. The third kappa shape index (κ3) is 4.04. The standard InChI is InChI=1S/C16H15NO6/c17-12(14(18)19)7-10-8-13(15(20)21)23-16(22)11(10)6-9-4-2-1-3-5-9/h1-5,8,12H,6-7,17H2,(H,18,19)(H,20,21). The van der Waals surface area contributed by atoms with Crippen molar-refractivity contribution in [2.45, 2.75) is 18.9 Å². The highest BCUT2D eigenvalue weighted by Gasteiger charge is 2.20. The largest absolute Gasteiger partial charge is 0.480 e. The Morgan fingerprint density at radius 3 is 2.39 bits per heavy atom. The third-order valence-corrected chi connectivity index (χ3v) is 3.33. The Morgan fingerprint density at radius 2 is 1.83 bits per heavy atom.